The van der Waals surface area contributed by atoms with Gasteiger partial charge in [0.25, 0.3) is 5.56 Å². The Labute approximate surface area is 181 Å². The van der Waals surface area contributed by atoms with E-state index in [9.17, 15) is 18.8 Å². The van der Waals surface area contributed by atoms with Crippen LogP contribution >= 0.6 is 11.8 Å². The molecular formula is C22H19FN4O3S. The van der Waals surface area contributed by atoms with Gasteiger partial charge in [0.2, 0.25) is 11.8 Å². The molecule has 0 radical (unpaired) electrons. The number of hydrogen-bond acceptors (Lipinski definition) is 5. The standard InChI is InChI=1S/C22H19FN4O3S/c1-12-2-8-15(9-3-12)24-20(29)16-10-17(28)25-19-18(16)21(30)27-22(26-19)31-11-13-4-6-14(23)7-5-13/h2-9,16H,10-11H2,1H3,(H,24,29)(H2,25,26,27,28,30)/t16-/m0/s1. The molecule has 0 unspecified atom stereocenters. The average Bonchev–Trinajstić information content (AvgIpc) is 2.74. The van der Waals surface area contributed by atoms with Crippen molar-refractivity contribution in [3.63, 3.8) is 0 Å². The lowest BCUT2D eigenvalue weighted by atomic mass is 9.92. The summed E-state index contributed by atoms with van der Waals surface area (Å²) in [6.07, 6.45) is -0.141. The van der Waals surface area contributed by atoms with Crippen LogP contribution in [0.2, 0.25) is 0 Å². The predicted molar refractivity (Wildman–Crippen MR) is 117 cm³/mol. The Morgan fingerprint density at radius 3 is 2.58 bits per heavy atom. The highest BCUT2D eigenvalue weighted by Crippen LogP contribution is 2.31. The number of anilines is 2. The molecule has 1 aliphatic heterocycles. The van der Waals surface area contributed by atoms with E-state index >= 15 is 0 Å². The fourth-order valence-electron chi connectivity index (χ4n) is 3.24. The van der Waals surface area contributed by atoms with E-state index in [-0.39, 0.29) is 29.5 Å². The maximum absolute atomic E-state index is 13.0. The normalized spacial score (nSPS) is 15.2. The second kappa shape index (κ2) is 8.73. The molecule has 3 N–H and O–H groups in total. The molecule has 3 aromatic rings. The summed E-state index contributed by atoms with van der Waals surface area (Å²) in [4.78, 5) is 44.8. The first-order valence-corrected chi connectivity index (χ1v) is 10.6. The number of aryl methyl sites for hydroxylation is 1. The molecule has 1 atom stereocenters. The van der Waals surface area contributed by atoms with Crippen LogP contribution in [-0.2, 0) is 15.3 Å². The van der Waals surface area contributed by atoms with Crippen LogP contribution in [0, 0.1) is 12.7 Å². The van der Waals surface area contributed by atoms with E-state index in [1.807, 2.05) is 19.1 Å². The first-order chi connectivity index (χ1) is 14.9. The number of halogens is 1. The van der Waals surface area contributed by atoms with Crippen LogP contribution in [0.25, 0.3) is 0 Å². The van der Waals surface area contributed by atoms with E-state index in [2.05, 4.69) is 20.6 Å². The van der Waals surface area contributed by atoms with Crippen LogP contribution in [0.4, 0.5) is 15.9 Å². The Hall–Kier alpha value is -3.46. The number of amides is 2. The van der Waals surface area contributed by atoms with Gasteiger partial charge >= 0.3 is 0 Å². The second-order valence-electron chi connectivity index (χ2n) is 7.21. The summed E-state index contributed by atoms with van der Waals surface area (Å²) in [6.45, 7) is 1.93. The number of carbonyl (C=O) groups excluding carboxylic acids is 2. The highest BCUT2D eigenvalue weighted by molar-refractivity contribution is 7.98. The summed E-state index contributed by atoms with van der Waals surface area (Å²) >= 11 is 1.24. The number of nitrogens with zero attached hydrogens (tertiary/aromatic N) is 1. The molecule has 7 nitrogen and oxygen atoms in total. The van der Waals surface area contributed by atoms with Gasteiger partial charge in [0, 0.05) is 17.9 Å². The zero-order valence-corrected chi connectivity index (χ0v) is 17.4. The molecule has 158 valence electrons. The van der Waals surface area contributed by atoms with E-state index in [0.717, 1.165) is 11.1 Å². The fraction of sp³-hybridized carbons (Fsp3) is 0.182. The number of benzene rings is 2. The van der Waals surface area contributed by atoms with Gasteiger partial charge in [0.1, 0.15) is 11.6 Å². The van der Waals surface area contributed by atoms with Gasteiger partial charge in [-0.05, 0) is 36.8 Å². The van der Waals surface area contributed by atoms with Crippen LogP contribution in [-0.4, -0.2) is 21.8 Å². The summed E-state index contributed by atoms with van der Waals surface area (Å²) in [6, 6.07) is 13.2. The maximum atomic E-state index is 13.0. The van der Waals surface area contributed by atoms with E-state index < -0.39 is 17.4 Å². The minimum atomic E-state index is -0.947. The summed E-state index contributed by atoms with van der Waals surface area (Å²) in [5, 5.41) is 5.65. The van der Waals surface area contributed by atoms with Crippen LogP contribution in [0.3, 0.4) is 0 Å². The summed E-state index contributed by atoms with van der Waals surface area (Å²) in [5.74, 6) is -1.56. The number of nitrogens with one attached hydrogen (secondary N) is 3. The average molecular weight is 438 g/mol. The molecule has 1 aliphatic rings. The van der Waals surface area contributed by atoms with Crippen LogP contribution in [0.15, 0.2) is 58.5 Å². The smallest absolute Gasteiger partial charge is 0.257 e. The molecule has 0 aliphatic carbocycles. The highest BCUT2D eigenvalue weighted by Gasteiger charge is 2.34. The van der Waals surface area contributed by atoms with Crippen molar-refractivity contribution >= 4 is 35.1 Å². The van der Waals surface area contributed by atoms with Crippen molar-refractivity contribution in [1.82, 2.24) is 9.97 Å². The van der Waals surface area contributed by atoms with Gasteiger partial charge in [0.05, 0.1) is 11.5 Å². The SMILES string of the molecule is Cc1ccc(NC(=O)[C@H]2CC(=O)Nc3nc(SCc4ccc(F)cc4)[nH]c(=O)c32)cc1. The third kappa shape index (κ3) is 4.83. The zero-order chi connectivity index (χ0) is 22.0. The van der Waals surface area contributed by atoms with Crippen molar-refractivity contribution in [2.45, 2.75) is 30.2 Å². The number of fused-ring (bicyclic) bond motifs is 1. The number of carbonyl (C=O) groups is 2. The molecule has 0 bridgehead atoms. The molecule has 1 aromatic heterocycles. The molecule has 0 fully saturated rings. The zero-order valence-electron chi connectivity index (χ0n) is 16.6. The van der Waals surface area contributed by atoms with Gasteiger partial charge in [0.15, 0.2) is 5.16 Å². The van der Waals surface area contributed by atoms with Gasteiger partial charge in [-0.25, -0.2) is 9.37 Å². The van der Waals surface area contributed by atoms with Gasteiger partial charge in [-0.2, -0.15) is 0 Å². The van der Waals surface area contributed by atoms with E-state index in [1.165, 1.54) is 23.9 Å². The van der Waals surface area contributed by atoms with Crippen molar-refractivity contribution < 1.29 is 14.0 Å². The van der Waals surface area contributed by atoms with Crippen molar-refractivity contribution in [3.8, 4) is 0 Å². The molecule has 2 amide bonds. The van der Waals surface area contributed by atoms with Gasteiger partial charge in [-0.1, -0.05) is 41.6 Å². The van der Waals surface area contributed by atoms with Gasteiger partial charge in [-0.3, -0.25) is 14.4 Å². The molecule has 31 heavy (non-hydrogen) atoms. The molecular weight excluding hydrogens is 419 g/mol. The van der Waals surface area contributed by atoms with Crippen LogP contribution in [0.1, 0.15) is 29.0 Å². The fourth-order valence-corrected chi connectivity index (χ4v) is 4.06. The van der Waals surface area contributed by atoms with Gasteiger partial charge < -0.3 is 15.6 Å². The third-order valence-corrected chi connectivity index (χ3v) is 5.80. The summed E-state index contributed by atoms with van der Waals surface area (Å²) in [7, 11) is 0. The Balaban J connectivity index is 1.56. The minimum absolute atomic E-state index is 0.0886. The predicted octanol–water partition coefficient (Wildman–Crippen LogP) is 3.57. The van der Waals surface area contributed by atoms with Crippen molar-refractivity contribution in [2.75, 3.05) is 10.6 Å². The monoisotopic (exact) mass is 438 g/mol. The summed E-state index contributed by atoms with van der Waals surface area (Å²) < 4.78 is 13.0. The Kier molecular flexibility index (Phi) is 5.85. The lowest BCUT2D eigenvalue weighted by Gasteiger charge is -2.23. The Morgan fingerprint density at radius 2 is 1.87 bits per heavy atom. The molecule has 0 saturated heterocycles. The first kappa shape index (κ1) is 20.8. The maximum Gasteiger partial charge on any atom is 0.257 e. The molecule has 2 aromatic carbocycles. The molecule has 0 saturated carbocycles. The van der Waals surface area contributed by atoms with E-state index in [1.54, 1.807) is 24.3 Å². The lowest BCUT2D eigenvalue weighted by molar-refractivity contribution is -0.123. The van der Waals surface area contributed by atoms with E-state index in [4.69, 9.17) is 0 Å². The van der Waals surface area contributed by atoms with Gasteiger partial charge in [-0.15, -0.1) is 0 Å². The number of thioether (sulfide) groups is 1. The first-order valence-electron chi connectivity index (χ1n) is 9.58. The molecule has 2 heterocycles. The Morgan fingerprint density at radius 1 is 1.16 bits per heavy atom. The van der Waals surface area contributed by atoms with Crippen LogP contribution < -0.4 is 16.2 Å². The second-order valence-corrected chi connectivity index (χ2v) is 8.17. The molecule has 0 spiro atoms. The van der Waals surface area contributed by atoms with E-state index in [0.29, 0.717) is 16.6 Å². The number of hydrogen-bond donors (Lipinski definition) is 3. The third-order valence-electron chi connectivity index (χ3n) is 4.85. The Bertz CT molecular complexity index is 1190. The highest BCUT2D eigenvalue weighted by atomic mass is 32.2. The lowest BCUT2D eigenvalue weighted by Crippen LogP contribution is -2.36. The quantitative estimate of drug-likeness (QED) is 0.417. The molecule has 4 rings (SSSR count). The minimum Gasteiger partial charge on any atom is -0.326 e. The molecule has 9 heteroatoms. The number of H-pyrrole nitrogens is 1. The largest absolute Gasteiger partial charge is 0.326 e. The van der Waals surface area contributed by atoms with Crippen molar-refractivity contribution in [1.29, 1.82) is 0 Å². The van der Waals surface area contributed by atoms with Crippen molar-refractivity contribution in [2.24, 2.45) is 0 Å². The van der Waals surface area contributed by atoms with Crippen molar-refractivity contribution in [3.05, 3.63) is 81.4 Å². The topological polar surface area (TPSA) is 104 Å². The number of rotatable bonds is 5. The number of aromatic nitrogens is 2. The summed E-state index contributed by atoms with van der Waals surface area (Å²) in [5.41, 5.74) is 2.14. The number of aromatic amines is 1. The van der Waals surface area contributed by atoms with Crippen LogP contribution in [0.5, 0.6) is 0 Å².